The average Bonchev–Trinajstić information content (AvgIpc) is 3.46. The van der Waals surface area contributed by atoms with Gasteiger partial charge in [0.05, 0.1) is 12.0 Å². The summed E-state index contributed by atoms with van der Waals surface area (Å²) in [6.07, 6.45) is 6.58. The van der Waals surface area contributed by atoms with Crippen LogP contribution < -0.4 is 5.32 Å². The molecule has 158 valence electrons. The van der Waals surface area contributed by atoms with Gasteiger partial charge in [0.1, 0.15) is 6.04 Å². The molecular formula is C22H26N4O3S. The van der Waals surface area contributed by atoms with Crippen molar-refractivity contribution in [2.45, 2.75) is 44.2 Å². The highest BCUT2D eigenvalue weighted by molar-refractivity contribution is 7.10. The first-order chi connectivity index (χ1) is 14.6. The highest BCUT2D eigenvalue weighted by Gasteiger charge is 2.37. The number of aromatic nitrogens is 1. The summed E-state index contributed by atoms with van der Waals surface area (Å²) in [5.41, 5.74) is 0.543. The van der Waals surface area contributed by atoms with Crippen LogP contribution in [0.5, 0.6) is 0 Å². The largest absolute Gasteiger partial charge is 0.349 e. The Balaban J connectivity index is 1.29. The second-order valence-corrected chi connectivity index (χ2v) is 8.85. The zero-order chi connectivity index (χ0) is 20.9. The number of carbonyl (C=O) groups is 3. The number of carbonyl (C=O) groups excluding carboxylic acids is 3. The summed E-state index contributed by atoms with van der Waals surface area (Å²) in [7, 11) is 0. The maximum absolute atomic E-state index is 13.1. The van der Waals surface area contributed by atoms with Crippen LogP contribution in [-0.4, -0.2) is 64.2 Å². The Morgan fingerprint density at radius 1 is 1.10 bits per heavy atom. The minimum Gasteiger partial charge on any atom is -0.349 e. The molecule has 2 aromatic heterocycles. The Labute approximate surface area is 180 Å². The molecule has 0 radical (unpaired) electrons. The topological polar surface area (TPSA) is 82.6 Å². The highest BCUT2D eigenvalue weighted by Crippen LogP contribution is 2.23. The Bertz CT molecular complexity index is 879. The van der Waals surface area contributed by atoms with Gasteiger partial charge in [-0.15, -0.1) is 11.3 Å². The number of nitrogens with one attached hydrogen (secondary N) is 1. The SMILES string of the molecule is O=C(NC1CCN(C(=O)C2CCCN2C(=O)Cc2cccs2)CC1)c1cccnc1. The molecule has 4 heterocycles. The zero-order valence-electron chi connectivity index (χ0n) is 16.8. The predicted molar refractivity (Wildman–Crippen MR) is 114 cm³/mol. The van der Waals surface area contributed by atoms with Crippen molar-refractivity contribution < 1.29 is 14.4 Å². The number of amides is 3. The summed E-state index contributed by atoms with van der Waals surface area (Å²) in [5.74, 6) is -0.0509. The Hall–Kier alpha value is -2.74. The van der Waals surface area contributed by atoms with Gasteiger partial charge in [0.15, 0.2) is 0 Å². The second kappa shape index (κ2) is 9.38. The molecule has 8 heteroatoms. The monoisotopic (exact) mass is 426 g/mol. The van der Waals surface area contributed by atoms with E-state index in [1.165, 1.54) is 0 Å². The summed E-state index contributed by atoms with van der Waals surface area (Å²) in [4.78, 5) is 46.8. The predicted octanol–water partition coefficient (Wildman–Crippen LogP) is 2.10. The van der Waals surface area contributed by atoms with Crippen LogP contribution in [0.3, 0.4) is 0 Å². The van der Waals surface area contributed by atoms with Crippen molar-refractivity contribution in [3.63, 3.8) is 0 Å². The molecule has 0 spiro atoms. The van der Waals surface area contributed by atoms with E-state index >= 15 is 0 Å². The molecule has 2 aliphatic heterocycles. The van der Waals surface area contributed by atoms with Crippen molar-refractivity contribution in [3.8, 4) is 0 Å². The molecule has 3 amide bonds. The van der Waals surface area contributed by atoms with Gasteiger partial charge in [-0.2, -0.15) is 0 Å². The van der Waals surface area contributed by atoms with Gasteiger partial charge in [0, 0.05) is 42.9 Å². The molecule has 30 heavy (non-hydrogen) atoms. The molecule has 0 bridgehead atoms. The van der Waals surface area contributed by atoms with E-state index < -0.39 is 0 Å². The smallest absolute Gasteiger partial charge is 0.253 e. The van der Waals surface area contributed by atoms with Crippen molar-refractivity contribution in [2.24, 2.45) is 0 Å². The number of pyridine rings is 1. The van der Waals surface area contributed by atoms with E-state index in [0.717, 1.165) is 17.7 Å². The summed E-state index contributed by atoms with van der Waals surface area (Å²) >= 11 is 1.57. The van der Waals surface area contributed by atoms with Gasteiger partial charge in [0.25, 0.3) is 5.91 Å². The summed E-state index contributed by atoms with van der Waals surface area (Å²) < 4.78 is 0. The van der Waals surface area contributed by atoms with Gasteiger partial charge >= 0.3 is 0 Å². The van der Waals surface area contributed by atoms with Gasteiger partial charge < -0.3 is 15.1 Å². The number of piperidine rings is 1. The molecule has 2 aliphatic rings. The normalized spacial score (nSPS) is 19.7. The van der Waals surface area contributed by atoms with Gasteiger partial charge in [-0.1, -0.05) is 6.07 Å². The lowest BCUT2D eigenvalue weighted by atomic mass is 10.0. The van der Waals surface area contributed by atoms with Crippen molar-refractivity contribution in [1.29, 1.82) is 0 Å². The fourth-order valence-electron chi connectivity index (χ4n) is 4.21. The average molecular weight is 427 g/mol. The number of thiophene rings is 1. The Morgan fingerprint density at radius 3 is 2.63 bits per heavy atom. The van der Waals surface area contributed by atoms with E-state index in [9.17, 15) is 14.4 Å². The second-order valence-electron chi connectivity index (χ2n) is 7.82. The van der Waals surface area contributed by atoms with Crippen LogP contribution in [0.1, 0.15) is 40.9 Å². The van der Waals surface area contributed by atoms with Crippen LogP contribution in [0.15, 0.2) is 42.0 Å². The van der Waals surface area contributed by atoms with Crippen LogP contribution in [0.25, 0.3) is 0 Å². The van der Waals surface area contributed by atoms with E-state index in [4.69, 9.17) is 0 Å². The molecule has 7 nitrogen and oxygen atoms in total. The fraction of sp³-hybridized carbons (Fsp3) is 0.455. The van der Waals surface area contributed by atoms with Crippen molar-refractivity contribution >= 4 is 29.1 Å². The van der Waals surface area contributed by atoms with Gasteiger partial charge in [-0.25, -0.2) is 0 Å². The summed E-state index contributed by atoms with van der Waals surface area (Å²) in [6.45, 7) is 1.85. The van der Waals surface area contributed by atoms with Crippen LogP contribution >= 0.6 is 11.3 Å². The molecule has 2 fully saturated rings. The van der Waals surface area contributed by atoms with Gasteiger partial charge in [-0.05, 0) is 49.3 Å². The molecule has 4 rings (SSSR count). The molecule has 1 atom stereocenters. The van der Waals surface area contributed by atoms with E-state index in [0.29, 0.717) is 44.5 Å². The quantitative estimate of drug-likeness (QED) is 0.794. The van der Waals surface area contributed by atoms with Crippen LogP contribution in [0, 0.1) is 0 Å². The van der Waals surface area contributed by atoms with Crippen LogP contribution in [-0.2, 0) is 16.0 Å². The first-order valence-electron chi connectivity index (χ1n) is 10.4. The van der Waals surface area contributed by atoms with Gasteiger partial charge in [0.2, 0.25) is 11.8 Å². The first-order valence-corrected chi connectivity index (χ1v) is 11.3. The van der Waals surface area contributed by atoms with Crippen LogP contribution in [0.4, 0.5) is 0 Å². The van der Waals surface area contributed by atoms with E-state index in [1.54, 1.807) is 40.8 Å². The number of hydrogen-bond acceptors (Lipinski definition) is 5. The highest BCUT2D eigenvalue weighted by atomic mass is 32.1. The van der Waals surface area contributed by atoms with E-state index in [1.807, 2.05) is 22.4 Å². The van der Waals surface area contributed by atoms with Crippen molar-refractivity contribution in [2.75, 3.05) is 19.6 Å². The number of hydrogen-bond donors (Lipinski definition) is 1. The first kappa shape index (κ1) is 20.5. The van der Waals surface area contributed by atoms with Gasteiger partial charge in [-0.3, -0.25) is 19.4 Å². The molecule has 1 unspecified atom stereocenters. The standard InChI is InChI=1S/C22H26N4O3S/c27-20(14-18-5-3-13-30-18)26-10-2-6-19(26)22(29)25-11-7-17(8-12-25)24-21(28)16-4-1-9-23-15-16/h1,3-5,9,13,15,17,19H,2,6-8,10-12,14H2,(H,24,28). The summed E-state index contributed by atoms with van der Waals surface area (Å²) in [5, 5.41) is 5.00. The third-order valence-corrected chi connectivity index (χ3v) is 6.71. The third kappa shape index (κ3) is 4.70. The lowest BCUT2D eigenvalue weighted by Gasteiger charge is -2.35. The fourth-order valence-corrected chi connectivity index (χ4v) is 4.90. The minimum absolute atomic E-state index is 0.0342. The zero-order valence-corrected chi connectivity index (χ0v) is 17.6. The maximum Gasteiger partial charge on any atom is 0.253 e. The third-order valence-electron chi connectivity index (χ3n) is 5.83. The number of likely N-dealkylation sites (tertiary alicyclic amines) is 2. The molecule has 0 aromatic carbocycles. The number of nitrogens with zero attached hydrogens (tertiary/aromatic N) is 3. The molecule has 2 aromatic rings. The maximum atomic E-state index is 13.1. The van der Waals surface area contributed by atoms with E-state index in [2.05, 4.69) is 10.3 Å². The molecule has 0 saturated carbocycles. The van der Waals surface area contributed by atoms with E-state index in [-0.39, 0.29) is 29.8 Å². The lowest BCUT2D eigenvalue weighted by molar-refractivity contribution is -0.144. The van der Waals surface area contributed by atoms with Crippen molar-refractivity contribution in [1.82, 2.24) is 20.1 Å². The Kier molecular flexibility index (Phi) is 6.42. The molecular weight excluding hydrogens is 400 g/mol. The molecule has 0 aliphatic carbocycles. The molecule has 1 N–H and O–H groups in total. The molecule has 2 saturated heterocycles. The Morgan fingerprint density at radius 2 is 1.93 bits per heavy atom. The lowest BCUT2D eigenvalue weighted by Crippen LogP contribution is -2.52. The number of rotatable bonds is 5. The summed E-state index contributed by atoms with van der Waals surface area (Å²) in [6, 6.07) is 7.07. The van der Waals surface area contributed by atoms with Crippen LogP contribution in [0.2, 0.25) is 0 Å². The van der Waals surface area contributed by atoms with Crippen molar-refractivity contribution in [3.05, 3.63) is 52.5 Å². The minimum atomic E-state index is -0.348.